The monoisotopic (exact) mass is 276 g/mol. The van der Waals surface area contributed by atoms with Crippen molar-refractivity contribution >= 4 is 0 Å². The summed E-state index contributed by atoms with van der Waals surface area (Å²) in [6, 6.07) is 9.35. The minimum Gasteiger partial charge on any atom is -0.396 e. The average Bonchev–Trinajstić information content (AvgIpc) is 2.39. The summed E-state index contributed by atoms with van der Waals surface area (Å²) in [6.45, 7) is 4.44. The van der Waals surface area contributed by atoms with Gasteiger partial charge in [-0.3, -0.25) is 0 Å². The molecule has 0 saturated heterocycles. The molecule has 0 bridgehead atoms. The van der Waals surface area contributed by atoms with Gasteiger partial charge < -0.3 is 15.7 Å². The van der Waals surface area contributed by atoms with Gasteiger partial charge in [-0.05, 0) is 38.2 Å². The van der Waals surface area contributed by atoms with Gasteiger partial charge in [0, 0.05) is 31.8 Å². The van der Waals surface area contributed by atoms with Crippen molar-refractivity contribution in [3.8, 4) is 0 Å². The van der Waals surface area contributed by atoms with E-state index in [1.54, 1.807) is 0 Å². The van der Waals surface area contributed by atoms with Gasteiger partial charge in [-0.15, -0.1) is 0 Å². The normalized spacial score (nSPS) is 17.2. The number of aryl methyl sites for hydroxylation is 1. The second-order valence-electron chi connectivity index (χ2n) is 6.01. The third kappa shape index (κ3) is 4.30. The standard InChI is InChI=1S/C17H28N2O/c1-14-5-2-6-15(13-14)17(18)9-11-19(10-4-12-20)16-7-3-8-16/h2,5-6,13,16-17,20H,3-4,7-12,18H2,1H3. The second kappa shape index (κ2) is 7.77. The lowest BCUT2D eigenvalue weighted by Gasteiger charge is -2.38. The molecule has 20 heavy (non-hydrogen) atoms. The van der Waals surface area contributed by atoms with Crippen LogP contribution in [0.1, 0.15) is 49.3 Å². The van der Waals surface area contributed by atoms with Crippen LogP contribution >= 0.6 is 0 Å². The molecular weight excluding hydrogens is 248 g/mol. The molecule has 1 aliphatic rings. The Morgan fingerprint density at radius 1 is 1.35 bits per heavy atom. The summed E-state index contributed by atoms with van der Waals surface area (Å²) in [5.74, 6) is 0. The summed E-state index contributed by atoms with van der Waals surface area (Å²) in [5, 5.41) is 9.02. The first-order valence-corrected chi connectivity index (χ1v) is 7.88. The van der Waals surface area contributed by atoms with E-state index in [0.29, 0.717) is 0 Å². The molecule has 1 aromatic rings. The highest BCUT2D eigenvalue weighted by molar-refractivity contribution is 5.24. The number of rotatable bonds is 8. The number of aliphatic hydroxyl groups is 1. The zero-order chi connectivity index (χ0) is 14.4. The lowest BCUT2D eigenvalue weighted by molar-refractivity contribution is 0.113. The van der Waals surface area contributed by atoms with Gasteiger partial charge in [-0.1, -0.05) is 36.2 Å². The first-order valence-electron chi connectivity index (χ1n) is 7.88. The molecule has 1 aliphatic carbocycles. The summed E-state index contributed by atoms with van der Waals surface area (Å²) < 4.78 is 0. The maximum atomic E-state index is 9.02. The topological polar surface area (TPSA) is 49.5 Å². The van der Waals surface area contributed by atoms with Crippen molar-refractivity contribution in [2.45, 2.75) is 51.1 Å². The van der Waals surface area contributed by atoms with Gasteiger partial charge in [-0.25, -0.2) is 0 Å². The van der Waals surface area contributed by atoms with Gasteiger partial charge >= 0.3 is 0 Å². The zero-order valence-corrected chi connectivity index (χ0v) is 12.6. The molecule has 1 saturated carbocycles. The van der Waals surface area contributed by atoms with Crippen molar-refractivity contribution < 1.29 is 5.11 Å². The van der Waals surface area contributed by atoms with Crippen LogP contribution in [0.3, 0.4) is 0 Å². The maximum absolute atomic E-state index is 9.02. The van der Waals surface area contributed by atoms with Crippen LogP contribution in [0.25, 0.3) is 0 Å². The van der Waals surface area contributed by atoms with Gasteiger partial charge in [0.25, 0.3) is 0 Å². The largest absolute Gasteiger partial charge is 0.396 e. The average molecular weight is 276 g/mol. The van der Waals surface area contributed by atoms with E-state index in [2.05, 4.69) is 36.1 Å². The summed E-state index contributed by atoms with van der Waals surface area (Å²) in [4.78, 5) is 2.52. The van der Waals surface area contributed by atoms with Crippen LogP contribution in [-0.4, -0.2) is 35.7 Å². The van der Waals surface area contributed by atoms with E-state index in [1.165, 1.54) is 30.4 Å². The highest BCUT2D eigenvalue weighted by atomic mass is 16.3. The van der Waals surface area contributed by atoms with Crippen molar-refractivity contribution in [3.63, 3.8) is 0 Å². The van der Waals surface area contributed by atoms with Crippen LogP contribution < -0.4 is 5.73 Å². The quantitative estimate of drug-likeness (QED) is 0.767. The lowest BCUT2D eigenvalue weighted by Crippen LogP contribution is -2.42. The number of nitrogens with zero attached hydrogens (tertiary/aromatic N) is 1. The van der Waals surface area contributed by atoms with Crippen LogP contribution in [-0.2, 0) is 0 Å². The summed E-state index contributed by atoms with van der Waals surface area (Å²) in [7, 11) is 0. The van der Waals surface area contributed by atoms with Crippen LogP contribution in [0.5, 0.6) is 0 Å². The first-order chi connectivity index (χ1) is 9.70. The van der Waals surface area contributed by atoms with Crippen molar-refractivity contribution in [3.05, 3.63) is 35.4 Å². The number of aliphatic hydroxyl groups excluding tert-OH is 1. The predicted molar refractivity (Wildman–Crippen MR) is 83.6 cm³/mol. The Bertz CT molecular complexity index is 404. The predicted octanol–water partition coefficient (Wildman–Crippen LogP) is 2.62. The van der Waals surface area contributed by atoms with Crippen LogP contribution in [0.2, 0.25) is 0 Å². The van der Waals surface area contributed by atoms with Gasteiger partial charge in [0.15, 0.2) is 0 Å². The fourth-order valence-corrected chi connectivity index (χ4v) is 2.87. The van der Waals surface area contributed by atoms with E-state index in [0.717, 1.165) is 32.0 Å². The number of nitrogens with two attached hydrogens (primary N) is 1. The Kier molecular flexibility index (Phi) is 6.02. The molecule has 3 nitrogen and oxygen atoms in total. The molecule has 0 radical (unpaired) electrons. The van der Waals surface area contributed by atoms with Crippen LogP contribution in [0.15, 0.2) is 24.3 Å². The van der Waals surface area contributed by atoms with Gasteiger partial charge in [-0.2, -0.15) is 0 Å². The molecular formula is C17H28N2O. The van der Waals surface area contributed by atoms with E-state index >= 15 is 0 Å². The molecule has 3 heteroatoms. The Balaban J connectivity index is 1.84. The molecule has 2 rings (SSSR count). The molecule has 1 fully saturated rings. The summed E-state index contributed by atoms with van der Waals surface area (Å²) in [5.41, 5.74) is 8.83. The van der Waals surface area contributed by atoms with E-state index in [4.69, 9.17) is 10.8 Å². The first kappa shape index (κ1) is 15.5. The van der Waals surface area contributed by atoms with Gasteiger partial charge in [0.1, 0.15) is 0 Å². The number of benzene rings is 1. The molecule has 0 aliphatic heterocycles. The Morgan fingerprint density at radius 2 is 2.15 bits per heavy atom. The fourth-order valence-electron chi connectivity index (χ4n) is 2.87. The van der Waals surface area contributed by atoms with Crippen molar-refractivity contribution in [1.29, 1.82) is 0 Å². The van der Waals surface area contributed by atoms with E-state index in [-0.39, 0.29) is 12.6 Å². The summed E-state index contributed by atoms with van der Waals surface area (Å²) in [6.07, 6.45) is 5.84. The van der Waals surface area contributed by atoms with Gasteiger partial charge in [0.05, 0.1) is 0 Å². The third-order valence-corrected chi connectivity index (χ3v) is 4.39. The smallest absolute Gasteiger partial charge is 0.0443 e. The van der Waals surface area contributed by atoms with E-state index in [1.807, 2.05) is 0 Å². The molecule has 112 valence electrons. The zero-order valence-electron chi connectivity index (χ0n) is 12.6. The third-order valence-electron chi connectivity index (χ3n) is 4.39. The Morgan fingerprint density at radius 3 is 2.75 bits per heavy atom. The highest BCUT2D eigenvalue weighted by Gasteiger charge is 2.24. The van der Waals surface area contributed by atoms with Crippen molar-refractivity contribution in [1.82, 2.24) is 4.90 Å². The van der Waals surface area contributed by atoms with Crippen LogP contribution in [0.4, 0.5) is 0 Å². The minimum atomic E-state index is 0.117. The Labute approximate surface area is 122 Å². The Hall–Kier alpha value is -0.900. The number of hydrogen-bond acceptors (Lipinski definition) is 3. The van der Waals surface area contributed by atoms with Crippen LogP contribution in [0, 0.1) is 6.92 Å². The van der Waals surface area contributed by atoms with E-state index < -0.39 is 0 Å². The summed E-state index contributed by atoms with van der Waals surface area (Å²) >= 11 is 0. The molecule has 0 aromatic heterocycles. The number of hydrogen-bond donors (Lipinski definition) is 2. The minimum absolute atomic E-state index is 0.117. The molecule has 1 atom stereocenters. The van der Waals surface area contributed by atoms with Crippen molar-refractivity contribution in [2.75, 3.05) is 19.7 Å². The molecule has 0 amide bonds. The molecule has 1 aromatic carbocycles. The maximum Gasteiger partial charge on any atom is 0.0443 e. The molecule has 0 spiro atoms. The highest BCUT2D eigenvalue weighted by Crippen LogP contribution is 2.26. The second-order valence-corrected chi connectivity index (χ2v) is 6.01. The molecule has 3 N–H and O–H groups in total. The SMILES string of the molecule is Cc1cccc(C(N)CCN(CCCO)C2CCC2)c1. The van der Waals surface area contributed by atoms with Gasteiger partial charge in [0.2, 0.25) is 0 Å². The molecule has 1 unspecified atom stereocenters. The fraction of sp³-hybridized carbons (Fsp3) is 0.647. The molecule has 0 heterocycles. The lowest BCUT2D eigenvalue weighted by atomic mass is 9.90. The van der Waals surface area contributed by atoms with E-state index in [9.17, 15) is 0 Å². The van der Waals surface area contributed by atoms with Crippen molar-refractivity contribution in [2.24, 2.45) is 5.73 Å².